The molecule has 78 valence electrons. The Morgan fingerprint density at radius 2 is 2.20 bits per heavy atom. The first-order valence-corrected chi connectivity index (χ1v) is 5.05. The molecule has 0 aliphatic heterocycles. The third-order valence-corrected chi connectivity index (χ3v) is 2.65. The molecule has 2 aromatic rings. The van der Waals surface area contributed by atoms with Crippen molar-refractivity contribution in [1.29, 1.82) is 0 Å². The molecule has 0 atom stereocenters. The summed E-state index contributed by atoms with van der Waals surface area (Å²) in [5.41, 5.74) is 0.742. The highest BCUT2D eigenvalue weighted by Crippen LogP contribution is 2.25. The van der Waals surface area contributed by atoms with E-state index in [-0.39, 0.29) is 11.7 Å². The van der Waals surface area contributed by atoms with Gasteiger partial charge in [-0.05, 0) is 34.1 Å². The molecule has 0 saturated heterocycles. The Labute approximate surface area is 94.3 Å². The molecule has 0 unspecified atom stereocenters. The van der Waals surface area contributed by atoms with Crippen LogP contribution in [0.1, 0.15) is 0 Å². The molecule has 2 rings (SSSR count). The van der Waals surface area contributed by atoms with E-state index in [0.29, 0.717) is 10.3 Å². The Balaban J connectivity index is 2.54. The van der Waals surface area contributed by atoms with Crippen molar-refractivity contribution in [3.05, 3.63) is 34.7 Å². The van der Waals surface area contributed by atoms with Gasteiger partial charge in [-0.2, -0.15) is 4.98 Å². The predicted molar refractivity (Wildman–Crippen MR) is 58.0 cm³/mol. The molecule has 0 saturated carbocycles. The third kappa shape index (κ3) is 1.87. The lowest BCUT2D eigenvalue weighted by Gasteiger charge is -2.02. The fraction of sp³-hybridized carbons (Fsp3) is 0.100. The molecular formula is C10H8BrFN2O. The van der Waals surface area contributed by atoms with E-state index in [4.69, 9.17) is 0 Å². The number of halogens is 2. The van der Waals surface area contributed by atoms with E-state index in [1.165, 1.54) is 12.3 Å². The fourth-order valence-electron chi connectivity index (χ4n) is 1.35. The van der Waals surface area contributed by atoms with Gasteiger partial charge in [0, 0.05) is 12.6 Å². The molecule has 0 spiro atoms. The molecule has 1 aromatic carbocycles. The molecule has 1 aromatic heterocycles. The van der Waals surface area contributed by atoms with Crippen LogP contribution in [0.5, 0.6) is 5.88 Å². The van der Waals surface area contributed by atoms with E-state index < -0.39 is 0 Å². The number of hydrogen-bond acceptors (Lipinski definition) is 2. The number of aromatic nitrogens is 2. The Bertz CT molecular complexity index is 510. The number of aryl methyl sites for hydroxylation is 1. The van der Waals surface area contributed by atoms with Crippen LogP contribution in [0.3, 0.4) is 0 Å². The van der Waals surface area contributed by atoms with Gasteiger partial charge in [0.25, 0.3) is 0 Å². The van der Waals surface area contributed by atoms with E-state index >= 15 is 0 Å². The zero-order valence-corrected chi connectivity index (χ0v) is 9.49. The summed E-state index contributed by atoms with van der Waals surface area (Å²) in [5, 5.41) is 9.20. The highest BCUT2D eigenvalue weighted by atomic mass is 79.9. The number of aromatic hydroxyl groups is 1. The van der Waals surface area contributed by atoms with Gasteiger partial charge in [0.2, 0.25) is 5.88 Å². The molecule has 0 radical (unpaired) electrons. The quantitative estimate of drug-likeness (QED) is 0.865. The minimum Gasteiger partial charge on any atom is -0.492 e. The Morgan fingerprint density at radius 1 is 1.47 bits per heavy atom. The SMILES string of the molecule is Cn1cc(O)nc1-c1ccc(F)c(Br)c1. The lowest BCUT2D eigenvalue weighted by Crippen LogP contribution is -1.91. The van der Waals surface area contributed by atoms with Crippen LogP contribution in [-0.2, 0) is 7.05 Å². The average molecular weight is 271 g/mol. The summed E-state index contributed by atoms with van der Waals surface area (Å²) in [6.07, 6.45) is 1.49. The molecule has 1 heterocycles. The summed E-state index contributed by atoms with van der Waals surface area (Å²) in [7, 11) is 1.76. The molecule has 0 bridgehead atoms. The molecule has 5 heteroatoms. The van der Waals surface area contributed by atoms with Crippen LogP contribution in [0, 0.1) is 5.82 Å². The van der Waals surface area contributed by atoms with Crippen LogP contribution in [0.4, 0.5) is 4.39 Å². The van der Waals surface area contributed by atoms with E-state index in [0.717, 1.165) is 5.56 Å². The first kappa shape index (κ1) is 10.2. The zero-order valence-electron chi connectivity index (χ0n) is 7.91. The van der Waals surface area contributed by atoms with Gasteiger partial charge in [-0.15, -0.1) is 0 Å². The van der Waals surface area contributed by atoms with Gasteiger partial charge in [0.05, 0.1) is 10.7 Å². The number of benzene rings is 1. The summed E-state index contributed by atoms with van der Waals surface area (Å²) >= 11 is 3.10. The van der Waals surface area contributed by atoms with Gasteiger partial charge in [0.15, 0.2) is 0 Å². The Kier molecular flexibility index (Phi) is 2.48. The van der Waals surface area contributed by atoms with Gasteiger partial charge in [0.1, 0.15) is 11.6 Å². The maximum Gasteiger partial charge on any atom is 0.229 e. The standard InChI is InChI=1S/C10H8BrFN2O/c1-14-5-9(15)13-10(14)6-2-3-8(12)7(11)4-6/h2-5,15H,1H3. The maximum atomic E-state index is 13.0. The van der Waals surface area contributed by atoms with Crippen molar-refractivity contribution in [1.82, 2.24) is 9.55 Å². The molecule has 0 aliphatic rings. The molecular weight excluding hydrogens is 263 g/mol. The smallest absolute Gasteiger partial charge is 0.229 e. The van der Waals surface area contributed by atoms with E-state index in [1.54, 1.807) is 23.7 Å². The normalized spacial score (nSPS) is 10.6. The molecule has 0 aliphatic carbocycles. The Morgan fingerprint density at radius 3 is 2.73 bits per heavy atom. The lowest BCUT2D eigenvalue weighted by atomic mass is 10.2. The second-order valence-corrected chi connectivity index (χ2v) is 4.02. The minimum absolute atomic E-state index is 0.0482. The van der Waals surface area contributed by atoms with Crippen molar-refractivity contribution in [2.24, 2.45) is 7.05 Å². The molecule has 15 heavy (non-hydrogen) atoms. The van der Waals surface area contributed by atoms with Crippen molar-refractivity contribution >= 4 is 15.9 Å². The van der Waals surface area contributed by atoms with Crippen molar-refractivity contribution in [3.8, 4) is 17.3 Å². The Hall–Kier alpha value is -1.36. The molecule has 0 amide bonds. The van der Waals surface area contributed by atoms with Crippen molar-refractivity contribution in [2.45, 2.75) is 0 Å². The predicted octanol–water partition coefficient (Wildman–Crippen LogP) is 2.69. The van der Waals surface area contributed by atoms with Crippen LogP contribution in [0.2, 0.25) is 0 Å². The van der Waals surface area contributed by atoms with Gasteiger partial charge < -0.3 is 9.67 Å². The van der Waals surface area contributed by atoms with Crippen molar-refractivity contribution in [3.63, 3.8) is 0 Å². The second-order valence-electron chi connectivity index (χ2n) is 3.16. The molecule has 0 fully saturated rings. The van der Waals surface area contributed by atoms with Crippen LogP contribution in [0.15, 0.2) is 28.9 Å². The summed E-state index contributed by atoms with van der Waals surface area (Å²) in [5.74, 6) is 0.221. The van der Waals surface area contributed by atoms with Crippen molar-refractivity contribution in [2.75, 3.05) is 0 Å². The molecule has 3 nitrogen and oxygen atoms in total. The summed E-state index contributed by atoms with van der Waals surface area (Å²) < 4.78 is 15.0. The van der Waals surface area contributed by atoms with Crippen LogP contribution >= 0.6 is 15.9 Å². The number of nitrogens with zero attached hydrogens (tertiary/aromatic N) is 2. The van der Waals surface area contributed by atoms with Crippen LogP contribution < -0.4 is 0 Å². The minimum atomic E-state index is -0.322. The number of imidazole rings is 1. The van der Waals surface area contributed by atoms with Crippen molar-refractivity contribution < 1.29 is 9.50 Å². The average Bonchev–Trinajstić information content (AvgIpc) is 2.50. The highest BCUT2D eigenvalue weighted by molar-refractivity contribution is 9.10. The van der Waals surface area contributed by atoms with Crippen LogP contribution in [-0.4, -0.2) is 14.7 Å². The highest BCUT2D eigenvalue weighted by Gasteiger charge is 2.08. The van der Waals surface area contributed by atoms with E-state index in [2.05, 4.69) is 20.9 Å². The zero-order chi connectivity index (χ0) is 11.0. The number of hydrogen-bond donors (Lipinski definition) is 1. The maximum absolute atomic E-state index is 13.0. The summed E-state index contributed by atoms with van der Waals surface area (Å²) in [4.78, 5) is 3.93. The lowest BCUT2D eigenvalue weighted by molar-refractivity contribution is 0.456. The van der Waals surface area contributed by atoms with E-state index in [1.807, 2.05) is 0 Å². The van der Waals surface area contributed by atoms with Crippen LogP contribution in [0.25, 0.3) is 11.4 Å². The summed E-state index contributed by atoms with van der Waals surface area (Å²) in [6, 6.07) is 4.59. The topological polar surface area (TPSA) is 38.0 Å². The van der Waals surface area contributed by atoms with Gasteiger partial charge in [-0.3, -0.25) is 0 Å². The summed E-state index contributed by atoms with van der Waals surface area (Å²) in [6.45, 7) is 0. The van der Waals surface area contributed by atoms with Gasteiger partial charge >= 0.3 is 0 Å². The molecule has 1 N–H and O–H groups in total. The van der Waals surface area contributed by atoms with Gasteiger partial charge in [-0.25, -0.2) is 4.39 Å². The monoisotopic (exact) mass is 270 g/mol. The van der Waals surface area contributed by atoms with Gasteiger partial charge in [-0.1, -0.05) is 0 Å². The second kappa shape index (κ2) is 3.66. The third-order valence-electron chi connectivity index (χ3n) is 2.04. The fourth-order valence-corrected chi connectivity index (χ4v) is 1.73. The number of rotatable bonds is 1. The largest absolute Gasteiger partial charge is 0.492 e. The first-order valence-electron chi connectivity index (χ1n) is 4.25. The first-order chi connectivity index (χ1) is 7.08. The van der Waals surface area contributed by atoms with E-state index in [9.17, 15) is 9.50 Å².